The molecule has 0 aliphatic rings. The minimum Gasteiger partial charge on any atom is -0.506 e. The van der Waals surface area contributed by atoms with Crippen molar-refractivity contribution in [3.63, 3.8) is 0 Å². The summed E-state index contributed by atoms with van der Waals surface area (Å²) in [6.45, 7) is 0. The van der Waals surface area contributed by atoms with Gasteiger partial charge in [-0.25, -0.2) is 4.98 Å². The topological polar surface area (TPSA) is 66.0 Å². The van der Waals surface area contributed by atoms with Gasteiger partial charge >= 0.3 is 0 Å². The van der Waals surface area contributed by atoms with Crippen molar-refractivity contribution in [2.45, 2.75) is 0 Å². The number of nitrogens with one attached hydrogen (secondary N) is 1. The Morgan fingerprint density at radius 3 is 2.77 bits per heavy atom. The molecule has 1 heterocycles. The molecule has 0 fully saturated rings. The zero-order chi connectivity index (χ0) is 15.7. The molecule has 0 aliphatic carbocycles. The van der Waals surface area contributed by atoms with Crippen molar-refractivity contribution in [2.75, 3.05) is 0 Å². The first-order chi connectivity index (χ1) is 10.5. The van der Waals surface area contributed by atoms with Gasteiger partial charge in [-0.2, -0.15) is 0 Å². The van der Waals surface area contributed by atoms with Crippen LogP contribution in [0.5, 0.6) is 5.75 Å². The Bertz CT molecular complexity index is 948. The lowest BCUT2D eigenvalue weighted by Gasteiger charge is -2.03. The summed E-state index contributed by atoms with van der Waals surface area (Å²) in [5.41, 5.74) is 0.996. The van der Waals surface area contributed by atoms with Crippen LogP contribution in [0.3, 0.4) is 0 Å². The van der Waals surface area contributed by atoms with E-state index in [0.717, 1.165) is 0 Å². The number of benzene rings is 2. The summed E-state index contributed by atoms with van der Waals surface area (Å²) in [6, 6.07) is 11.7. The van der Waals surface area contributed by atoms with Crippen LogP contribution >= 0.6 is 23.2 Å². The molecular formula is C16H10Cl2N2O2. The molecule has 4 nitrogen and oxygen atoms in total. The number of aromatic amines is 1. The third-order valence-electron chi connectivity index (χ3n) is 3.10. The number of H-pyrrole nitrogens is 1. The van der Waals surface area contributed by atoms with E-state index in [1.54, 1.807) is 42.5 Å². The molecule has 3 rings (SSSR count). The lowest BCUT2D eigenvalue weighted by molar-refractivity contribution is 0.475. The van der Waals surface area contributed by atoms with Crippen LogP contribution in [0.25, 0.3) is 22.0 Å². The smallest absolute Gasteiger partial charge is 0.259 e. The number of phenols is 1. The summed E-state index contributed by atoms with van der Waals surface area (Å²) in [6.07, 6.45) is 1.61. The molecule has 0 saturated heterocycles. The molecule has 0 unspecified atom stereocenters. The summed E-state index contributed by atoms with van der Waals surface area (Å²) in [4.78, 5) is 19.0. The number of hydrogen-bond acceptors (Lipinski definition) is 3. The van der Waals surface area contributed by atoms with Gasteiger partial charge in [0.1, 0.15) is 5.75 Å². The highest BCUT2D eigenvalue weighted by Gasteiger charge is 2.07. The molecule has 0 radical (unpaired) electrons. The van der Waals surface area contributed by atoms with E-state index in [0.29, 0.717) is 16.5 Å². The monoisotopic (exact) mass is 332 g/mol. The maximum absolute atomic E-state index is 12.0. The minimum atomic E-state index is -0.254. The zero-order valence-electron chi connectivity index (χ0n) is 11.2. The predicted octanol–water partition coefficient (Wildman–Crippen LogP) is 4.02. The fourth-order valence-electron chi connectivity index (χ4n) is 2.03. The van der Waals surface area contributed by atoms with Gasteiger partial charge in [0, 0.05) is 0 Å². The van der Waals surface area contributed by atoms with Gasteiger partial charge in [-0.1, -0.05) is 41.4 Å². The lowest BCUT2D eigenvalue weighted by atomic mass is 10.2. The fraction of sp³-hybridized carbons (Fsp3) is 0. The Labute approximate surface area is 135 Å². The molecule has 2 aromatic carbocycles. The molecule has 0 saturated carbocycles. The van der Waals surface area contributed by atoms with E-state index in [9.17, 15) is 9.90 Å². The van der Waals surface area contributed by atoms with Gasteiger partial charge in [-0.3, -0.25) is 4.79 Å². The molecule has 0 spiro atoms. The van der Waals surface area contributed by atoms with Crippen molar-refractivity contribution in [1.82, 2.24) is 9.97 Å². The summed E-state index contributed by atoms with van der Waals surface area (Å²) < 4.78 is 0. The SMILES string of the molecule is O=c1[nH]c(/C(Cl)=C\c2ccc(O)c(Cl)c2)nc2ccccc12. The maximum Gasteiger partial charge on any atom is 0.259 e. The molecule has 0 amide bonds. The standard InChI is InChI=1S/C16H10Cl2N2O2/c17-11-7-9(5-6-14(11)21)8-12(18)15-19-13-4-2-1-3-10(13)16(22)20-15/h1-8,21H,(H,19,20,22)/b12-8+. The van der Waals surface area contributed by atoms with Crippen LogP contribution in [0, 0.1) is 0 Å². The number of hydrogen-bond donors (Lipinski definition) is 2. The predicted molar refractivity (Wildman–Crippen MR) is 89.2 cm³/mol. The number of rotatable bonds is 2. The number of fused-ring (bicyclic) bond motifs is 1. The highest BCUT2D eigenvalue weighted by atomic mass is 35.5. The molecule has 1 aromatic heterocycles. The molecule has 22 heavy (non-hydrogen) atoms. The van der Waals surface area contributed by atoms with E-state index in [4.69, 9.17) is 23.2 Å². The maximum atomic E-state index is 12.0. The minimum absolute atomic E-state index is 0.00724. The Hall–Kier alpha value is -2.30. The van der Waals surface area contributed by atoms with Crippen molar-refractivity contribution in [1.29, 1.82) is 0 Å². The van der Waals surface area contributed by atoms with Crippen molar-refractivity contribution >= 4 is 45.2 Å². The number of aromatic hydroxyl groups is 1. The molecule has 6 heteroatoms. The normalized spacial score (nSPS) is 11.8. The average Bonchev–Trinajstić information content (AvgIpc) is 2.51. The van der Waals surface area contributed by atoms with Gasteiger partial charge < -0.3 is 10.1 Å². The third-order valence-corrected chi connectivity index (χ3v) is 3.70. The van der Waals surface area contributed by atoms with E-state index in [2.05, 4.69) is 9.97 Å². The summed E-state index contributed by atoms with van der Waals surface area (Å²) in [7, 11) is 0. The number of nitrogens with zero attached hydrogens (tertiary/aromatic N) is 1. The van der Waals surface area contributed by atoms with Gasteiger partial charge in [0.15, 0.2) is 5.82 Å². The first-order valence-corrected chi connectivity index (χ1v) is 7.15. The van der Waals surface area contributed by atoms with E-state index < -0.39 is 0 Å². The molecule has 0 atom stereocenters. The average molecular weight is 333 g/mol. The van der Waals surface area contributed by atoms with Gasteiger partial charge in [-0.05, 0) is 35.9 Å². The zero-order valence-corrected chi connectivity index (χ0v) is 12.7. The van der Waals surface area contributed by atoms with Crippen LogP contribution in [0.1, 0.15) is 11.4 Å². The Morgan fingerprint density at radius 2 is 2.00 bits per heavy atom. The van der Waals surface area contributed by atoms with Gasteiger partial charge in [0.25, 0.3) is 5.56 Å². The van der Waals surface area contributed by atoms with Gasteiger partial charge in [0.05, 0.1) is 21.0 Å². The molecular weight excluding hydrogens is 323 g/mol. The van der Waals surface area contributed by atoms with E-state index >= 15 is 0 Å². The Morgan fingerprint density at radius 1 is 1.23 bits per heavy atom. The summed E-state index contributed by atoms with van der Waals surface area (Å²) in [5.74, 6) is 0.266. The number of aromatic nitrogens is 2. The van der Waals surface area contributed by atoms with Crippen molar-refractivity contribution in [3.05, 3.63) is 69.2 Å². The largest absolute Gasteiger partial charge is 0.506 e. The second-order valence-electron chi connectivity index (χ2n) is 4.63. The van der Waals surface area contributed by atoms with Gasteiger partial charge in [-0.15, -0.1) is 0 Å². The molecule has 0 bridgehead atoms. The lowest BCUT2D eigenvalue weighted by Crippen LogP contribution is -2.10. The van der Waals surface area contributed by atoms with Crippen LogP contribution in [0.15, 0.2) is 47.3 Å². The van der Waals surface area contributed by atoms with Crippen molar-refractivity contribution in [3.8, 4) is 5.75 Å². The first-order valence-electron chi connectivity index (χ1n) is 6.40. The molecule has 2 N–H and O–H groups in total. The van der Waals surface area contributed by atoms with Crippen LogP contribution < -0.4 is 5.56 Å². The second kappa shape index (κ2) is 5.83. The highest BCUT2D eigenvalue weighted by Crippen LogP contribution is 2.26. The van der Waals surface area contributed by atoms with E-state index in [-0.39, 0.29) is 27.2 Å². The molecule has 110 valence electrons. The Kier molecular flexibility index (Phi) is 3.88. The van der Waals surface area contributed by atoms with Crippen molar-refractivity contribution in [2.24, 2.45) is 0 Å². The van der Waals surface area contributed by atoms with E-state index in [1.807, 2.05) is 0 Å². The highest BCUT2D eigenvalue weighted by molar-refractivity contribution is 6.50. The first kappa shape index (κ1) is 14.6. The van der Waals surface area contributed by atoms with Crippen LogP contribution in [0.4, 0.5) is 0 Å². The number of phenolic OH excluding ortho intramolecular Hbond substituents is 1. The Balaban J connectivity index is 2.08. The third kappa shape index (κ3) is 2.84. The van der Waals surface area contributed by atoms with Crippen molar-refractivity contribution < 1.29 is 5.11 Å². The summed E-state index contributed by atoms with van der Waals surface area (Å²) >= 11 is 12.1. The van der Waals surface area contributed by atoms with Gasteiger partial charge in [0.2, 0.25) is 0 Å². The molecule has 3 aromatic rings. The second-order valence-corrected chi connectivity index (χ2v) is 5.45. The quantitative estimate of drug-likeness (QED) is 0.744. The summed E-state index contributed by atoms with van der Waals surface area (Å²) in [5, 5.41) is 10.4. The number of para-hydroxylation sites is 1. The van der Waals surface area contributed by atoms with Crippen LogP contribution in [-0.2, 0) is 0 Å². The fourth-order valence-corrected chi connectivity index (χ4v) is 2.43. The van der Waals surface area contributed by atoms with E-state index in [1.165, 1.54) is 6.07 Å². The molecule has 0 aliphatic heterocycles. The van der Waals surface area contributed by atoms with Crippen LogP contribution in [0.2, 0.25) is 5.02 Å². The number of halogens is 2. The van der Waals surface area contributed by atoms with Crippen LogP contribution in [-0.4, -0.2) is 15.1 Å².